The van der Waals surface area contributed by atoms with Crippen LogP contribution in [0.4, 0.5) is 0 Å². The largest absolute Gasteiger partial charge is 0.329 e. The lowest BCUT2D eigenvalue weighted by atomic mass is 9.87. The molecule has 1 rings (SSSR count). The van der Waals surface area contributed by atoms with E-state index < -0.39 is 0 Å². The number of hydrogen-bond donors (Lipinski definition) is 1. The highest BCUT2D eigenvalue weighted by Gasteiger charge is 2.20. The molecule has 0 fully saturated rings. The molecule has 0 saturated carbocycles. The summed E-state index contributed by atoms with van der Waals surface area (Å²) in [5.74, 6) is 0.657. The Labute approximate surface area is 104 Å². The van der Waals surface area contributed by atoms with Crippen molar-refractivity contribution in [1.29, 1.82) is 0 Å². The van der Waals surface area contributed by atoms with Crippen LogP contribution in [-0.2, 0) is 4.79 Å². The zero-order valence-corrected chi connectivity index (χ0v) is 10.9. The number of ketones is 1. The summed E-state index contributed by atoms with van der Waals surface area (Å²) in [7, 11) is 0. The fourth-order valence-electron chi connectivity index (χ4n) is 2.14. The maximum Gasteiger partial charge on any atom is 0.141 e. The summed E-state index contributed by atoms with van der Waals surface area (Å²) < 4.78 is 0. The first kappa shape index (κ1) is 13.9. The Kier molecular flexibility index (Phi) is 5.92. The van der Waals surface area contributed by atoms with E-state index >= 15 is 0 Å². The highest BCUT2D eigenvalue weighted by molar-refractivity contribution is 5.86. The van der Waals surface area contributed by atoms with E-state index in [2.05, 4.69) is 13.8 Å². The smallest absolute Gasteiger partial charge is 0.141 e. The maximum absolute atomic E-state index is 12.2. The lowest BCUT2D eigenvalue weighted by Crippen LogP contribution is -2.23. The molecule has 0 radical (unpaired) electrons. The van der Waals surface area contributed by atoms with Crippen LogP contribution >= 0.6 is 0 Å². The van der Waals surface area contributed by atoms with Gasteiger partial charge in [0, 0.05) is 13.0 Å². The lowest BCUT2D eigenvalue weighted by Gasteiger charge is -2.17. The van der Waals surface area contributed by atoms with Crippen molar-refractivity contribution in [1.82, 2.24) is 0 Å². The predicted octanol–water partition coefficient (Wildman–Crippen LogP) is 3.12. The van der Waals surface area contributed by atoms with Gasteiger partial charge in [0.05, 0.1) is 5.92 Å². The van der Waals surface area contributed by atoms with Gasteiger partial charge in [0.15, 0.2) is 0 Å². The summed E-state index contributed by atoms with van der Waals surface area (Å²) in [5, 5.41) is 0. The predicted molar refractivity (Wildman–Crippen MR) is 71.9 cm³/mol. The number of nitrogens with two attached hydrogens (primary N) is 1. The van der Waals surface area contributed by atoms with Crippen LogP contribution in [0.2, 0.25) is 0 Å². The topological polar surface area (TPSA) is 43.1 Å². The van der Waals surface area contributed by atoms with Gasteiger partial charge in [-0.3, -0.25) is 4.79 Å². The maximum atomic E-state index is 12.2. The summed E-state index contributed by atoms with van der Waals surface area (Å²) >= 11 is 0. The highest BCUT2D eigenvalue weighted by atomic mass is 16.1. The van der Waals surface area contributed by atoms with Crippen LogP contribution in [0.3, 0.4) is 0 Å². The van der Waals surface area contributed by atoms with E-state index in [4.69, 9.17) is 5.73 Å². The molecule has 0 spiro atoms. The Morgan fingerprint density at radius 2 is 1.76 bits per heavy atom. The molecule has 1 aromatic rings. The Morgan fingerprint density at radius 3 is 2.24 bits per heavy atom. The second kappa shape index (κ2) is 7.23. The molecule has 0 aliphatic carbocycles. The minimum atomic E-state index is -0.128. The zero-order valence-electron chi connectivity index (χ0n) is 10.9. The molecule has 0 heterocycles. The van der Waals surface area contributed by atoms with Crippen molar-refractivity contribution in [2.45, 2.75) is 39.0 Å². The number of hydrogen-bond acceptors (Lipinski definition) is 2. The number of carbonyl (C=O) groups excluding carboxylic acids is 1. The lowest BCUT2D eigenvalue weighted by molar-refractivity contribution is -0.121. The van der Waals surface area contributed by atoms with Crippen LogP contribution in [0, 0.1) is 5.92 Å². The third kappa shape index (κ3) is 3.97. The Morgan fingerprint density at radius 1 is 1.18 bits per heavy atom. The summed E-state index contributed by atoms with van der Waals surface area (Å²) in [6.07, 6.45) is 2.78. The quantitative estimate of drug-likeness (QED) is 0.786. The molecule has 0 aliphatic rings. The van der Waals surface area contributed by atoms with E-state index in [9.17, 15) is 4.79 Å². The van der Waals surface area contributed by atoms with E-state index in [-0.39, 0.29) is 11.7 Å². The first-order chi connectivity index (χ1) is 8.22. The SMILES string of the molecule is CCC(CC)CC(=O)C(CN)c1ccccc1. The van der Waals surface area contributed by atoms with Gasteiger partial charge in [-0.2, -0.15) is 0 Å². The third-order valence-electron chi connectivity index (χ3n) is 3.47. The third-order valence-corrected chi connectivity index (χ3v) is 3.47. The summed E-state index contributed by atoms with van der Waals surface area (Å²) in [6, 6.07) is 9.86. The number of benzene rings is 1. The van der Waals surface area contributed by atoms with Gasteiger partial charge in [-0.15, -0.1) is 0 Å². The van der Waals surface area contributed by atoms with E-state index in [1.54, 1.807) is 0 Å². The Bertz CT molecular complexity index is 330. The van der Waals surface area contributed by atoms with Crippen molar-refractivity contribution in [3.05, 3.63) is 35.9 Å². The van der Waals surface area contributed by atoms with Crippen molar-refractivity contribution in [2.24, 2.45) is 11.7 Å². The van der Waals surface area contributed by atoms with Crippen molar-refractivity contribution in [2.75, 3.05) is 6.54 Å². The summed E-state index contributed by atoms with van der Waals surface area (Å²) in [4.78, 5) is 12.2. The molecule has 1 unspecified atom stereocenters. The summed E-state index contributed by atoms with van der Waals surface area (Å²) in [5.41, 5.74) is 6.79. The monoisotopic (exact) mass is 233 g/mol. The standard InChI is InChI=1S/C15H23NO/c1-3-12(4-2)10-15(17)14(11-16)13-8-6-5-7-9-13/h5-9,12,14H,3-4,10-11,16H2,1-2H3. The second-order valence-electron chi connectivity index (χ2n) is 4.55. The van der Waals surface area contributed by atoms with Gasteiger partial charge in [0.1, 0.15) is 5.78 Å². The molecular formula is C15H23NO. The number of rotatable bonds is 7. The molecule has 0 saturated heterocycles. The van der Waals surface area contributed by atoms with Crippen LogP contribution in [0.5, 0.6) is 0 Å². The van der Waals surface area contributed by atoms with Crippen molar-refractivity contribution < 1.29 is 4.79 Å². The molecule has 0 amide bonds. The second-order valence-corrected chi connectivity index (χ2v) is 4.55. The number of carbonyl (C=O) groups is 1. The zero-order chi connectivity index (χ0) is 12.7. The van der Waals surface area contributed by atoms with Crippen LogP contribution < -0.4 is 5.73 Å². The molecular weight excluding hydrogens is 210 g/mol. The summed E-state index contributed by atoms with van der Waals surface area (Å²) in [6.45, 7) is 4.69. The highest BCUT2D eigenvalue weighted by Crippen LogP contribution is 2.22. The van der Waals surface area contributed by atoms with Gasteiger partial charge >= 0.3 is 0 Å². The van der Waals surface area contributed by atoms with E-state index in [0.717, 1.165) is 18.4 Å². The molecule has 2 N–H and O–H groups in total. The van der Waals surface area contributed by atoms with Crippen LogP contribution in [0.1, 0.15) is 44.6 Å². The van der Waals surface area contributed by atoms with Crippen molar-refractivity contribution in [3.8, 4) is 0 Å². The van der Waals surface area contributed by atoms with Crippen LogP contribution in [0.15, 0.2) is 30.3 Å². The van der Waals surface area contributed by atoms with Crippen molar-refractivity contribution in [3.63, 3.8) is 0 Å². The average Bonchev–Trinajstić information content (AvgIpc) is 2.38. The Hall–Kier alpha value is -1.15. The van der Waals surface area contributed by atoms with E-state index in [1.165, 1.54) is 0 Å². The van der Waals surface area contributed by atoms with Crippen LogP contribution in [0.25, 0.3) is 0 Å². The minimum Gasteiger partial charge on any atom is -0.329 e. The minimum absolute atomic E-state index is 0.128. The van der Waals surface area contributed by atoms with Gasteiger partial charge in [-0.05, 0) is 11.5 Å². The van der Waals surface area contributed by atoms with Gasteiger partial charge in [-0.25, -0.2) is 0 Å². The average molecular weight is 233 g/mol. The van der Waals surface area contributed by atoms with Gasteiger partial charge in [0.2, 0.25) is 0 Å². The molecule has 0 bridgehead atoms. The Balaban J connectivity index is 2.71. The molecule has 1 aromatic carbocycles. The molecule has 1 atom stereocenters. The normalized spacial score (nSPS) is 12.7. The molecule has 17 heavy (non-hydrogen) atoms. The van der Waals surface area contributed by atoms with E-state index in [0.29, 0.717) is 18.9 Å². The molecule has 2 heteroatoms. The number of Topliss-reactive ketones (excluding diaryl/α,β-unsaturated/α-hetero) is 1. The van der Waals surface area contributed by atoms with E-state index in [1.807, 2.05) is 30.3 Å². The fourth-order valence-corrected chi connectivity index (χ4v) is 2.14. The van der Waals surface area contributed by atoms with Crippen LogP contribution in [-0.4, -0.2) is 12.3 Å². The molecule has 0 aliphatic heterocycles. The molecule has 94 valence electrons. The van der Waals surface area contributed by atoms with Gasteiger partial charge in [-0.1, -0.05) is 57.0 Å². The first-order valence-corrected chi connectivity index (χ1v) is 6.50. The van der Waals surface area contributed by atoms with Gasteiger partial charge in [0.25, 0.3) is 0 Å². The van der Waals surface area contributed by atoms with Gasteiger partial charge < -0.3 is 5.73 Å². The molecule has 2 nitrogen and oxygen atoms in total. The molecule has 0 aromatic heterocycles. The van der Waals surface area contributed by atoms with Crippen molar-refractivity contribution >= 4 is 5.78 Å². The first-order valence-electron chi connectivity index (χ1n) is 6.50. The fraction of sp³-hybridized carbons (Fsp3) is 0.533.